The van der Waals surface area contributed by atoms with Gasteiger partial charge in [0.25, 0.3) is 5.91 Å². The molecule has 1 amide bonds. The Kier molecular flexibility index (Phi) is 4.25. The number of carbonyl (C=O) groups is 1. The molecule has 1 heterocycles. The zero-order valence-electron chi connectivity index (χ0n) is 12.8. The third kappa shape index (κ3) is 3.35. The molecule has 0 saturated heterocycles. The van der Waals surface area contributed by atoms with Gasteiger partial charge in [0, 0.05) is 19.5 Å². The number of rotatable bonds is 5. The van der Waals surface area contributed by atoms with Crippen molar-refractivity contribution in [2.24, 2.45) is 5.92 Å². The molecule has 1 fully saturated rings. The van der Waals surface area contributed by atoms with E-state index in [1.54, 1.807) is 18.3 Å². The van der Waals surface area contributed by atoms with Gasteiger partial charge in [-0.1, -0.05) is 12.1 Å². The number of amides is 1. The first-order valence-corrected chi connectivity index (χ1v) is 8.32. The smallest absolute Gasteiger partial charge is 0.265 e. The summed E-state index contributed by atoms with van der Waals surface area (Å²) in [6.45, 7) is 2.11. The van der Waals surface area contributed by atoms with Crippen LogP contribution in [0.3, 0.4) is 0 Å². The van der Waals surface area contributed by atoms with Gasteiger partial charge in [0.1, 0.15) is 10.7 Å². The number of aromatic nitrogens is 1. The number of hydrogen-bond donors (Lipinski definition) is 0. The van der Waals surface area contributed by atoms with E-state index in [1.165, 1.54) is 36.3 Å². The number of halogens is 1. The van der Waals surface area contributed by atoms with Crippen molar-refractivity contribution >= 4 is 17.2 Å². The zero-order chi connectivity index (χ0) is 15.7. The number of hydrogen-bond acceptors (Lipinski definition) is 3. The van der Waals surface area contributed by atoms with Crippen LogP contribution in [0.15, 0.2) is 30.5 Å². The SMILES string of the molecule is C[C@H](C1CC1)N(C)C(=O)c1cnc(Cc2ccc(F)cc2)s1. The maximum Gasteiger partial charge on any atom is 0.265 e. The van der Waals surface area contributed by atoms with E-state index in [1.807, 2.05) is 11.9 Å². The van der Waals surface area contributed by atoms with Crippen molar-refractivity contribution in [2.45, 2.75) is 32.2 Å². The van der Waals surface area contributed by atoms with Crippen molar-refractivity contribution in [1.29, 1.82) is 0 Å². The van der Waals surface area contributed by atoms with Gasteiger partial charge < -0.3 is 4.90 Å². The highest BCUT2D eigenvalue weighted by Crippen LogP contribution is 2.35. The minimum atomic E-state index is -0.241. The van der Waals surface area contributed by atoms with Crippen LogP contribution in [0, 0.1) is 11.7 Å². The maximum atomic E-state index is 12.9. The normalized spacial score (nSPS) is 15.6. The predicted molar refractivity (Wildman–Crippen MR) is 85.6 cm³/mol. The Morgan fingerprint density at radius 1 is 1.41 bits per heavy atom. The van der Waals surface area contributed by atoms with Gasteiger partial charge in [-0.25, -0.2) is 9.37 Å². The average Bonchev–Trinajstić information content (AvgIpc) is 3.27. The minimum absolute atomic E-state index is 0.0438. The molecule has 1 aromatic carbocycles. The van der Waals surface area contributed by atoms with E-state index < -0.39 is 0 Å². The Bertz CT molecular complexity index is 664. The Morgan fingerprint density at radius 3 is 2.73 bits per heavy atom. The molecule has 116 valence electrons. The number of thiazole rings is 1. The van der Waals surface area contributed by atoms with Crippen LogP contribution in [-0.2, 0) is 6.42 Å². The molecule has 1 aliphatic rings. The van der Waals surface area contributed by atoms with Crippen LogP contribution in [0.25, 0.3) is 0 Å². The number of carbonyl (C=O) groups excluding carboxylic acids is 1. The quantitative estimate of drug-likeness (QED) is 0.841. The lowest BCUT2D eigenvalue weighted by molar-refractivity contribution is 0.0732. The molecule has 0 unspecified atom stereocenters. The van der Waals surface area contributed by atoms with E-state index >= 15 is 0 Å². The Hall–Kier alpha value is -1.75. The van der Waals surface area contributed by atoms with Gasteiger partial charge >= 0.3 is 0 Å². The molecule has 2 aromatic rings. The molecule has 0 N–H and O–H groups in total. The highest BCUT2D eigenvalue weighted by atomic mass is 32.1. The highest BCUT2D eigenvalue weighted by molar-refractivity contribution is 7.13. The minimum Gasteiger partial charge on any atom is -0.338 e. The van der Waals surface area contributed by atoms with Crippen LogP contribution in [-0.4, -0.2) is 28.9 Å². The molecule has 5 heteroatoms. The fraction of sp³-hybridized carbons (Fsp3) is 0.412. The van der Waals surface area contributed by atoms with Crippen molar-refractivity contribution in [1.82, 2.24) is 9.88 Å². The van der Waals surface area contributed by atoms with Gasteiger partial charge in [-0.2, -0.15) is 0 Å². The van der Waals surface area contributed by atoms with Crippen molar-refractivity contribution in [3.8, 4) is 0 Å². The third-order valence-electron chi connectivity index (χ3n) is 4.27. The summed E-state index contributed by atoms with van der Waals surface area (Å²) in [6.07, 6.45) is 4.72. The van der Waals surface area contributed by atoms with E-state index in [4.69, 9.17) is 0 Å². The van der Waals surface area contributed by atoms with Gasteiger partial charge in [0.15, 0.2) is 0 Å². The Morgan fingerprint density at radius 2 is 2.09 bits per heavy atom. The summed E-state index contributed by atoms with van der Waals surface area (Å²) >= 11 is 1.42. The predicted octanol–water partition coefficient (Wildman–Crippen LogP) is 3.74. The van der Waals surface area contributed by atoms with Crippen molar-refractivity contribution in [2.75, 3.05) is 7.05 Å². The summed E-state index contributed by atoms with van der Waals surface area (Å²) < 4.78 is 12.9. The zero-order valence-corrected chi connectivity index (χ0v) is 13.6. The van der Waals surface area contributed by atoms with E-state index in [-0.39, 0.29) is 17.8 Å². The van der Waals surface area contributed by atoms with Crippen LogP contribution in [0.4, 0.5) is 4.39 Å². The lowest BCUT2D eigenvalue weighted by Crippen LogP contribution is -2.35. The molecule has 0 radical (unpaired) electrons. The molecule has 1 atom stereocenters. The molecule has 22 heavy (non-hydrogen) atoms. The topological polar surface area (TPSA) is 33.2 Å². The lowest BCUT2D eigenvalue weighted by Gasteiger charge is -2.24. The molecule has 0 aliphatic heterocycles. The molecule has 3 nitrogen and oxygen atoms in total. The summed E-state index contributed by atoms with van der Waals surface area (Å²) in [5.74, 6) is 0.456. The molecule has 0 spiro atoms. The molecular weight excluding hydrogens is 299 g/mol. The third-order valence-corrected chi connectivity index (χ3v) is 5.25. The van der Waals surface area contributed by atoms with Crippen LogP contribution < -0.4 is 0 Å². The second-order valence-electron chi connectivity index (χ2n) is 5.92. The molecule has 1 aliphatic carbocycles. The Balaban J connectivity index is 1.67. The maximum absolute atomic E-state index is 12.9. The summed E-state index contributed by atoms with van der Waals surface area (Å²) in [4.78, 5) is 19.3. The largest absolute Gasteiger partial charge is 0.338 e. The van der Waals surface area contributed by atoms with Crippen molar-refractivity contribution in [3.63, 3.8) is 0 Å². The molecular formula is C17H19FN2OS. The first-order valence-electron chi connectivity index (χ1n) is 7.51. The monoisotopic (exact) mass is 318 g/mol. The standard InChI is InChI=1S/C17H19FN2OS/c1-11(13-5-6-13)20(2)17(21)15-10-19-16(22-15)9-12-3-7-14(18)8-4-12/h3-4,7-8,10-11,13H,5-6,9H2,1-2H3/t11-/m1/s1. The van der Waals surface area contributed by atoms with E-state index in [0.29, 0.717) is 17.2 Å². The van der Waals surface area contributed by atoms with Crippen LogP contribution in [0.1, 0.15) is 40.0 Å². The number of nitrogens with zero attached hydrogens (tertiary/aromatic N) is 2. The first kappa shape index (κ1) is 15.2. The second-order valence-corrected chi connectivity index (χ2v) is 7.03. The first-order chi connectivity index (χ1) is 10.5. The molecule has 1 aromatic heterocycles. The van der Waals surface area contributed by atoms with Crippen LogP contribution in [0.2, 0.25) is 0 Å². The van der Waals surface area contributed by atoms with Crippen molar-refractivity contribution < 1.29 is 9.18 Å². The Labute approximate surface area is 133 Å². The molecule has 0 bridgehead atoms. The summed E-state index contributed by atoms with van der Waals surface area (Å²) in [6, 6.07) is 6.68. The fourth-order valence-electron chi connectivity index (χ4n) is 2.52. The van der Waals surface area contributed by atoms with E-state index in [0.717, 1.165) is 10.6 Å². The molecule has 3 rings (SSSR count). The van der Waals surface area contributed by atoms with Crippen molar-refractivity contribution in [3.05, 3.63) is 51.7 Å². The van der Waals surface area contributed by atoms with Gasteiger partial charge in [-0.3, -0.25) is 4.79 Å². The van der Waals surface area contributed by atoms with Crippen LogP contribution in [0.5, 0.6) is 0 Å². The van der Waals surface area contributed by atoms with Crippen LogP contribution >= 0.6 is 11.3 Å². The summed E-state index contributed by atoms with van der Waals surface area (Å²) in [5, 5.41) is 0.877. The summed E-state index contributed by atoms with van der Waals surface area (Å²) in [5.41, 5.74) is 0.995. The summed E-state index contributed by atoms with van der Waals surface area (Å²) in [7, 11) is 1.87. The van der Waals surface area contributed by atoms with Gasteiger partial charge in [-0.05, 0) is 43.4 Å². The van der Waals surface area contributed by atoms with E-state index in [2.05, 4.69) is 11.9 Å². The number of benzene rings is 1. The van der Waals surface area contributed by atoms with E-state index in [9.17, 15) is 9.18 Å². The van der Waals surface area contributed by atoms with Gasteiger partial charge in [0.2, 0.25) is 0 Å². The average molecular weight is 318 g/mol. The lowest BCUT2D eigenvalue weighted by atomic mass is 10.2. The van der Waals surface area contributed by atoms with Gasteiger partial charge in [0.05, 0.1) is 11.2 Å². The van der Waals surface area contributed by atoms with Gasteiger partial charge in [-0.15, -0.1) is 11.3 Å². The fourth-order valence-corrected chi connectivity index (χ4v) is 3.46. The molecule has 1 saturated carbocycles. The second kappa shape index (κ2) is 6.16. The highest BCUT2D eigenvalue weighted by Gasteiger charge is 2.33.